The molecule has 0 radical (unpaired) electrons. The second-order valence-corrected chi connectivity index (χ2v) is 5.81. The number of benzene rings is 1. The lowest BCUT2D eigenvalue weighted by Crippen LogP contribution is -2.02. The number of aromatic hydroxyl groups is 1. The van der Waals surface area contributed by atoms with E-state index >= 15 is 0 Å². The molecule has 0 bridgehead atoms. The summed E-state index contributed by atoms with van der Waals surface area (Å²) < 4.78 is 5.11. The Hall–Kier alpha value is -2.62. The van der Waals surface area contributed by atoms with Gasteiger partial charge < -0.3 is 9.52 Å². The number of carbonyl (C=O) groups excluding carboxylic acids is 1. The Morgan fingerprint density at radius 3 is 2.57 bits per heavy atom. The first kappa shape index (κ1) is 16.7. The molecule has 1 aromatic heterocycles. The molecule has 0 fully saturated rings. The van der Waals surface area contributed by atoms with Crippen LogP contribution in [0.3, 0.4) is 0 Å². The van der Waals surface area contributed by atoms with Crippen LogP contribution in [-0.2, 0) is 0 Å². The van der Waals surface area contributed by atoms with E-state index in [0.717, 1.165) is 18.4 Å². The predicted molar refractivity (Wildman–Crippen MR) is 90.9 cm³/mol. The van der Waals surface area contributed by atoms with Crippen LogP contribution < -0.4 is 5.63 Å². The van der Waals surface area contributed by atoms with Crippen LogP contribution in [0.15, 0.2) is 56.8 Å². The molecule has 1 N–H and O–H groups in total. The van der Waals surface area contributed by atoms with Crippen molar-refractivity contribution in [2.24, 2.45) is 0 Å². The average molecular weight is 312 g/mol. The van der Waals surface area contributed by atoms with Gasteiger partial charge in [-0.05, 0) is 57.9 Å². The fourth-order valence-electron chi connectivity index (χ4n) is 2.32. The maximum absolute atomic E-state index is 12.5. The number of phenolic OH excluding ortho intramolecular Hbond substituents is 1. The topological polar surface area (TPSA) is 67.5 Å². The van der Waals surface area contributed by atoms with Gasteiger partial charge in [-0.25, -0.2) is 4.79 Å². The van der Waals surface area contributed by atoms with E-state index in [2.05, 4.69) is 6.08 Å². The molecule has 0 amide bonds. The lowest BCUT2D eigenvalue weighted by molar-refractivity contribution is 0.104. The molecule has 0 saturated carbocycles. The molecule has 1 aromatic carbocycles. The van der Waals surface area contributed by atoms with Crippen LogP contribution in [0.2, 0.25) is 0 Å². The van der Waals surface area contributed by atoms with Crippen LogP contribution in [0.25, 0.3) is 11.0 Å². The summed E-state index contributed by atoms with van der Waals surface area (Å²) in [6, 6.07) is 5.90. The molecule has 1 heterocycles. The van der Waals surface area contributed by atoms with E-state index in [0.29, 0.717) is 5.39 Å². The van der Waals surface area contributed by atoms with Gasteiger partial charge in [-0.3, -0.25) is 4.79 Å². The highest BCUT2D eigenvalue weighted by Gasteiger charge is 2.16. The zero-order chi connectivity index (χ0) is 17.0. The van der Waals surface area contributed by atoms with Crippen LogP contribution in [0.4, 0.5) is 0 Å². The van der Waals surface area contributed by atoms with Crippen molar-refractivity contribution in [3.63, 3.8) is 0 Å². The first-order valence-corrected chi connectivity index (χ1v) is 7.49. The Labute approximate surface area is 134 Å². The molecular formula is C19H20O4. The van der Waals surface area contributed by atoms with Gasteiger partial charge >= 0.3 is 5.63 Å². The van der Waals surface area contributed by atoms with Crippen LogP contribution in [0, 0.1) is 0 Å². The number of fused-ring (bicyclic) bond motifs is 1. The number of phenols is 1. The first-order chi connectivity index (χ1) is 10.9. The van der Waals surface area contributed by atoms with Crippen molar-refractivity contribution in [3.8, 4) is 5.75 Å². The van der Waals surface area contributed by atoms with Gasteiger partial charge in [-0.15, -0.1) is 0 Å². The summed E-state index contributed by atoms with van der Waals surface area (Å²) in [5.41, 5.74) is 1.74. The van der Waals surface area contributed by atoms with Gasteiger partial charge in [0.1, 0.15) is 11.3 Å². The molecule has 0 aliphatic rings. The number of ketones is 1. The lowest BCUT2D eigenvalue weighted by Gasteiger charge is -2.05. The summed E-state index contributed by atoms with van der Waals surface area (Å²) in [4.78, 5) is 23.9. The van der Waals surface area contributed by atoms with E-state index < -0.39 is 5.63 Å². The Morgan fingerprint density at radius 1 is 1.17 bits per heavy atom. The fourth-order valence-corrected chi connectivity index (χ4v) is 2.32. The van der Waals surface area contributed by atoms with Gasteiger partial charge in [0.05, 0.1) is 0 Å². The maximum Gasteiger partial charge on any atom is 0.336 e. The third-order valence-electron chi connectivity index (χ3n) is 3.48. The molecule has 120 valence electrons. The minimum Gasteiger partial charge on any atom is -0.507 e. The summed E-state index contributed by atoms with van der Waals surface area (Å²) in [5, 5.41) is 10.6. The van der Waals surface area contributed by atoms with Crippen molar-refractivity contribution < 1.29 is 14.3 Å². The van der Waals surface area contributed by atoms with Crippen molar-refractivity contribution in [1.82, 2.24) is 0 Å². The molecule has 2 aromatic rings. The second kappa shape index (κ2) is 7.09. The van der Waals surface area contributed by atoms with E-state index in [9.17, 15) is 14.7 Å². The first-order valence-electron chi connectivity index (χ1n) is 7.49. The van der Waals surface area contributed by atoms with Crippen LogP contribution in [0.5, 0.6) is 5.75 Å². The van der Waals surface area contributed by atoms with Gasteiger partial charge in [0, 0.05) is 11.5 Å². The molecular weight excluding hydrogens is 292 g/mol. The van der Waals surface area contributed by atoms with Crippen molar-refractivity contribution in [2.45, 2.75) is 33.6 Å². The Bertz CT molecular complexity index is 849. The third-order valence-corrected chi connectivity index (χ3v) is 3.48. The fraction of sp³-hybridized carbons (Fsp3) is 0.263. The lowest BCUT2D eigenvalue weighted by atomic mass is 10.0. The molecule has 0 unspecified atom stereocenters. The van der Waals surface area contributed by atoms with Gasteiger partial charge in [0.2, 0.25) is 0 Å². The molecule has 4 heteroatoms. The zero-order valence-corrected chi connectivity index (χ0v) is 13.6. The van der Waals surface area contributed by atoms with Crippen molar-refractivity contribution in [1.29, 1.82) is 0 Å². The highest BCUT2D eigenvalue weighted by molar-refractivity contribution is 6.14. The number of hydrogen-bond donors (Lipinski definition) is 1. The summed E-state index contributed by atoms with van der Waals surface area (Å²) in [7, 11) is 0. The number of hydrogen-bond acceptors (Lipinski definition) is 4. The van der Waals surface area contributed by atoms with Gasteiger partial charge in [-0.2, -0.15) is 0 Å². The monoisotopic (exact) mass is 312 g/mol. The second-order valence-electron chi connectivity index (χ2n) is 5.81. The van der Waals surface area contributed by atoms with Crippen LogP contribution >= 0.6 is 0 Å². The molecule has 0 atom stereocenters. The molecule has 0 aliphatic heterocycles. The molecule has 2 rings (SSSR count). The highest BCUT2D eigenvalue weighted by atomic mass is 16.4. The number of allylic oxidation sites excluding steroid dienone is 4. The molecule has 0 spiro atoms. The van der Waals surface area contributed by atoms with E-state index in [4.69, 9.17) is 4.42 Å². The largest absolute Gasteiger partial charge is 0.507 e. The van der Waals surface area contributed by atoms with Gasteiger partial charge in [-0.1, -0.05) is 17.2 Å². The SMILES string of the molecule is CC(C)=CCC/C(C)=C/C(=O)c1c(O)ccc2ccc(=O)oc12. The molecule has 4 nitrogen and oxygen atoms in total. The van der Waals surface area contributed by atoms with Crippen LogP contribution in [0.1, 0.15) is 44.0 Å². The smallest absolute Gasteiger partial charge is 0.336 e. The molecule has 0 saturated heterocycles. The summed E-state index contributed by atoms with van der Waals surface area (Å²) >= 11 is 0. The van der Waals surface area contributed by atoms with Crippen LogP contribution in [-0.4, -0.2) is 10.9 Å². The van der Waals surface area contributed by atoms with E-state index in [-0.39, 0.29) is 22.7 Å². The number of rotatable bonds is 5. The minimum absolute atomic E-state index is 0.0294. The quantitative estimate of drug-likeness (QED) is 0.385. The van der Waals surface area contributed by atoms with E-state index in [1.165, 1.54) is 23.8 Å². The van der Waals surface area contributed by atoms with Crippen molar-refractivity contribution >= 4 is 16.8 Å². The summed E-state index contributed by atoms with van der Waals surface area (Å²) in [5.74, 6) is -0.553. The standard InChI is InChI=1S/C19H20O4/c1-12(2)5-4-6-13(3)11-16(21)18-15(20)9-7-14-8-10-17(22)23-19(14)18/h5,7-11,20H,4,6H2,1-3H3/b13-11+. The normalized spacial score (nSPS) is 11.5. The van der Waals surface area contributed by atoms with Crippen molar-refractivity contribution in [3.05, 3.63) is 63.5 Å². The van der Waals surface area contributed by atoms with Gasteiger partial charge in [0.25, 0.3) is 0 Å². The summed E-state index contributed by atoms with van der Waals surface area (Å²) in [6.45, 7) is 5.93. The maximum atomic E-state index is 12.5. The third kappa shape index (κ3) is 4.19. The predicted octanol–water partition coefficient (Wildman–Crippen LogP) is 4.37. The Kier molecular flexibility index (Phi) is 5.16. The zero-order valence-electron chi connectivity index (χ0n) is 13.6. The summed E-state index contributed by atoms with van der Waals surface area (Å²) in [6.07, 6.45) is 5.21. The number of carbonyl (C=O) groups is 1. The van der Waals surface area contributed by atoms with Gasteiger partial charge in [0.15, 0.2) is 11.4 Å². The molecule has 0 aliphatic carbocycles. The highest BCUT2D eigenvalue weighted by Crippen LogP contribution is 2.27. The Balaban J connectivity index is 2.37. The Morgan fingerprint density at radius 2 is 1.87 bits per heavy atom. The van der Waals surface area contributed by atoms with Crippen molar-refractivity contribution in [2.75, 3.05) is 0 Å². The van der Waals surface area contributed by atoms with E-state index in [1.54, 1.807) is 12.1 Å². The molecule has 23 heavy (non-hydrogen) atoms. The minimum atomic E-state index is -0.554. The average Bonchev–Trinajstić information content (AvgIpc) is 2.46. The van der Waals surface area contributed by atoms with E-state index in [1.807, 2.05) is 20.8 Å².